The highest BCUT2D eigenvalue weighted by Gasteiger charge is 2.12. The van der Waals surface area contributed by atoms with E-state index in [0.717, 1.165) is 23.4 Å². The summed E-state index contributed by atoms with van der Waals surface area (Å²) in [5.74, 6) is 0.733. The fraction of sp³-hybridized carbons (Fsp3) is 0.556. The Kier molecular flexibility index (Phi) is 3.77. The summed E-state index contributed by atoms with van der Waals surface area (Å²) in [7, 11) is 0. The molecular formula is C9H12BrClN4. The quantitative estimate of drug-likeness (QED) is 0.851. The maximum absolute atomic E-state index is 5.73. The Morgan fingerprint density at radius 3 is 2.80 bits per heavy atom. The van der Waals surface area contributed by atoms with Crippen LogP contribution in [0.5, 0.6) is 0 Å². The van der Waals surface area contributed by atoms with E-state index in [1.807, 2.05) is 0 Å². The van der Waals surface area contributed by atoms with Crippen molar-refractivity contribution in [2.45, 2.75) is 19.3 Å². The normalized spacial score (nSPS) is 17.7. The molecule has 2 rings (SSSR count). The average Bonchev–Trinajstić information content (AvgIpc) is 2.25. The summed E-state index contributed by atoms with van der Waals surface area (Å²) < 4.78 is 0.831. The lowest BCUT2D eigenvalue weighted by Gasteiger charge is -2.27. The van der Waals surface area contributed by atoms with Crippen molar-refractivity contribution >= 4 is 33.3 Å². The molecule has 4 nitrogen and oxygen atoms in total. The van der Waals surface area contributed by atoms with Gasteiger partial charge in [0, 0.05) is 19.3 Å². The van der Waals surface area contributed by atoms with E-state index in [-0.39, 0.29) is 5.28 Å². The Balaban J connectivity index is 2.05. The molecule has 1 aliphatic heterocycles. The van der Waals surface area contributed by atoms with Gasteiger partial charge < -0.3 is 5.43 Å². The van der Waals surface area contributed by atoms with Gasteiger partial charge in [-0.05, 0) is 40.4 Å². The van der Waals surface area contributed by atoms with E-state index in [1.165, 1.54) is 19.3 Å². The summed E-state index contributed by atoms with van der Waals surface area (Å²) >= 11 is 9.12. The highest BCUT2D eigenvalue weighted by Crippen LogP contribution is 2.21. The number of hydrazine groups is 1. The van der Waals surface area contributed by atoms with E-state index in [1.54, 1.807) is 6.20 Å². The van der Waals surface area contributed by atoms with Crippen molar-refractivity contribution in [1.29, 1.82) is 0 Å². The number of halogens is 2. The molecule has 0 atom stereocenters. The monoisotopic (exact) mass is 290 g/mol. The standard InChI is InChI=1S/C9H12BrClN4/c10-7-6-12-9(11)13-8(7)14-15-4-2-1-3-5-15/h6H,1-5H2,(H,12,13,14). The van der Waals surface area contributed by atoms with Crippen molar-refractivity contribution in [2.24, 2.45) is 0 Å². The van der Waals surface area contributed by atoms with Crippen LogP contribution in [0.4, 0.5) is 5.82 Å². The highest BCUT2D eigenvalue weighted by atomic mass is 79.9. The molecule has 1 fully saturated rings. The summed E-state index contributed by atoms with van der Waals surface area (Å²) in [5.41, 5.74) is 3.24. The molecule has 15 heavy (non-hydrogen) atoms. The van der Waals surface area contributed by atoms with Crippen molar-refractivity contribution < 1.29 is 0 Å². The SMILES string of the molecule is Clc1ncc(Br)c(NN2CCCCC2)n1. The van der Waals surface area contributed by atoms with Gasteiger partial charge in [0.2, 0.25) is 5.28 Å². The molecule has 0 spiro atoms. The maximum atomic E-state index is 5.73. The Bertz CT molecular complexity index is 341. The third kappa shape index (κ3) is 3.03. The molecular weight excluding hydrogens is 279 g/mol. The molecule has 2 heterocycles. The Labute approximate surface area is 102 Å². The minimum Gasteiger partial charge on any atom is -0.302 e. The third-order valence-corrected chi connectivity index (χ3v) is 3.10. The van der Waals surface area contributed by atoms with Crippen LogP contribution in [0, 0.1) is 0 Å². The molecule has 0 aliphatic carbocycles. The van der Waals surface area contributed by atoms with Crippen LogP contribution < -0.4 is 5.43 Å². The first-order chi connectivity index (χ1) is 7.25. The molecule has 0 amide bonds. The highest BCUT2D eigenvalue weighted by molar-refractivity contribution is 9.10. The van der Waals surface area contributed by atoms with Crippen LogP contribution in [-0.2, 0) is 0 Å². The summed E-state index contributed by atoms with van der Waals surface area (Å²) in [4.78, 5) is 8.00. The summed E-state index contributed by atoms with van der Waals surface area (Å²) in [5, 5.41) is 2.42. The number of nitrogens with zero attached hydrogens (tertiary/aromatic N) is 3. The Morgan fingerprint density at radius 1 is 1.33 bits per heavy atom. The smallest absolute Gasteiger partial charge is 0.224 e. The summed E-state index contributed by atoms with van der Waals surface area (Å²) in [6.45, 7) is 2.10. The largest absolute Gasteiger partial charge is 0.302 e. The van der Waals surface area contributed by atoms with Crippen molar-refractivity contribution in [3.05, 3.63) is 16.0 Å². The van der Waals surface area contributed by atoms with Crippen LogP contribution in [-0.4, -0.2) is 28.1 Å². The average molecular weight is 292 g/mol. The maximum Gasteiger partial charge on any atom is 0.224 e. The van der Waals surface area contributed by atoms with Gasteiger partial charge in [-0.2, -0.15) is 4.98 Å². The first-order valence-corrected chi connectivity index (χ1v) is 6.12. The van der Waals surface area contributed by atoms with Crippen LogP contribution in [0.1, 0.15) is 19.3 Å². The Morgan fingerprint density at radius 2 is 2.07 bits per heavy atom. The lowest BCUT2D eigenvalue weighted by Crippen LogP contribution is -2.35. The molecule has 0 bridgehead atoms. The fourth-order valence-electron chi connectivity index (χ4n) is 1.58. The molecule has 0 unspecified atom stereocenters. The first-order valence-electron chi connectivity index (χ1n) is 4.95. The number of aromatic nitrogens is 2. The summed E-state index contributed by atoms with van der Waals surface area (Å²) in [6, 6.07) is 0. The van der Waals surface area contributed by atoms with E-state index in [0.29, 0.717) is 0 Å². The van der Waals surface area contributed by atoms with Gasteiger partial charge in [-0.1, -0.05) is 6.42 Å². The minimum absolute atomic E-state index is 0.262. The van der Waals surface area contributed by atoms with Gasteiger partial charge in [-0.3, -0.25) is 0 Å². The van der Waals surface area contributed by atoms with Gasteiger partial charge in [0.05, 0.1) is 4.47 Å². The second-order valence-electron chi connectivity index (χ2n) is 3.50. The topological polar surface area (TPSA) is 41.1 Å². The molecule has 1 N–H and O–H groups in total. The fourth-order valence-corrected chi connectivity index (χ4v) is 1.99. The van der Waals surface area contributed by atoms with Crippen molar-refractivity contribution in [3.63, 3.8) is 0 Å². The van der Waals surface area contributed by atoms with Crippen molar-refractivity contribution in [2.75, 3.05) is 18.5 Å². The van der Waals surface area contributed by atoms with Gasteiger partial charge in [-0.15, -0.1) is 0 Å². The second-order valence-corrected chi connectivity index (χ2v) is 4.69. The van der Waals surface area contributed by atoms with E-state index >= 15 is 0 Å². The number of anilines is 1. The second kappa shape index (κ2) is 5.09. The summed E-state index contributed by atoms with van der Waals surface area (Å²) in [6.07, 6.45) is 5.42. The zero-order chi connectivity index (χ0) is 10.7. The van der Waals surface area contributed by atoms with Gasteiger partial charge >= 0.3 is 0 Å². The van der Waals surface area contributed by atoms with Gasteiger partial charge in [-0.25, -0.2) is 9.99 Å². The molecule has 1 aromatic rings. The van der Waals surface area contributed by atoms with Crippen LogP contribution >= 0.6 is 27.5 Å². The molecule has 1 saturated heterocycles. The minimum atomic E-state index is 0.262. The molecule has 6 heteroatoms. The molecule has 0 aromatic carbocycles. The van der Waals surface area contributed by atoms with Crippen molar-refractivity contribution in [3.8, 4) is 0 Å². The molecule has 1 aromatic heterocycles. The number of hydrogen-bond acceptors (Lipinski definition) is 4. The predicted octanol–water partition coefficient (Wildman–Crippen LogP) is 2.71. The van der Waals surface area contributed by atoms with E-state index in [2.05, 4.69) is 36.3 Å². The Hall–Kier alpha value is -0.390. The lowest BCUT2D eigenvalue weighted by atomic mass is 10.2. The number of rotatable bonds is 2. The van der Waals surface area contributed by atoms with Crippen LogP contribution in [0.2, 0.25) is 5.28 Å². The van der Waals surface area contributed by atoms with E-state index in [4.69, 9.17) is 11.6 Å². The first kappa shape index (κ1) is 11.1. The number of piperidine rings is 1. The van der Waals surface area contributed by atoms with Gasteiger partial charge in [0.25, 0.3) is 0 Å². The molecule has 82 valence electrons. The predicted molar refractivity (Wildman–Crippen MR) is 63.8 cm³/mol. The number of hydrogen-bond donors (Lipinski definition) is 1. The third-order valence-electron chi connectivity index (χ3n) is 2.33. The zero-order valence-corrected chi connectivity index (χ0v) is 10.6. The lowest BCUT2D eigenvalue weighted by molar-refractivity contribution is 0.272. The van der Waals surface area contributed by atoms with Crippen molar-refractivity contribution in [1.82, 2.24) is 15.0 Å². The molecule has 1 aliphatic rings. The van der Waals surface area contributed by atoms with Crippen LogP contribution in [0.15, 0.2) is 10.7 Å². The van der Waals surface area contributed by atoms with Crippen LogP contribution in [0.25, 0.3) is 0 Å². The van der Waals surface area contributed by atoms with Gasteiger partial charge in [0.15, 0.2) is 5.82 Å². The van der Waals surface area contributed by atoms with E-state index < -0.39 is 0 Å². The van der Waals surface area contributed by atoms with Crippen LogP contribution in [0.3, 0.4) is 0 Å². The molecule has 0 radical (unpaired) electrons. The van der Waals surface area contributed by atoms with Gasteiger partial charge in [0.1, 0.15) is 0 Å². The zero-order valence-electron chi connectivity index (χ0n) is 8.21. The van der Waals surface area contributed by atoms with E-state index in [9.17, 15) is 0 Å². The number of nitrogens with one attached hydrogen (secondary N) is 1. The molecule has 0 saturated carbocycles.